The molecule has 3 heterocycles. The van der Waals surface area contributed by atoms with E-state index in [0.29, 0.717) is 24.4 Å². The maximum atomic E-state index is 12.3. The van der Waals surface area contributed by atoms with Crippen LogP contribution < -0.4 is 0 Å². The lowest BCUT2D eigenvalue weighted by molar-refractivity contribution is -0.138. The van der Waals surface area contributed by atoms with E-state index in [9.17, 15) is 9.59 Å². The van der Waals surface area contributed by atoms with Gasteiger partial charge in [0.15, 0.2) is 5.76 Å². The van der Waals surface area contributed by atoms with Gasteiger partial charge in [-0.15, -0.1) is 0 Å². The van der Waals surface area contributed by atoms with Crippen molar-refractivity contribution in [3.8, 4) is 0 Å². The van der Waals surface area contributed by atoms with Gasteiger partial charge in [-0.3, -0.25) is 9.59 Å². The maximum absolute atomic E-state index is 12.3. The topological polar surface area (TPSA) is 72.4 Å². The van der Waals surface area contributed by atoms with Gasteiger partial charge in [-0.2, -0.15) is 0 Å². The van der Waals surface area contributed by atoms with Crippen LogP contribution in [0.2, 0.25) is 5.02 Å². The molecule has 3 rings (SSSR count). The molecule has 1 aliphatic rings. The van der Waals surface area contributed by atoms with Gasteiger partial charge < -0.3 is 14.1 Å². The summed E-state index contributed by atoms with van der Waals surface area (Å²) in [6, 6.07) is 4.74. The first-order valence-corrected chi connectivity index (χ1v) is 6.17. The van der Waals surface area contributed by atoms with Gasteiger partial charge >= 0.3 is 5.97 Å². The highest BCUT2D eigenvalue weighted by molar-refractivity contribution is 6.34. The van der Waals surface area contributed by atoms with Gasteiger partial charge in [0.05, 0.1) is 17.2 Å². The number of fused-ring (bicyclic) bond motifs is 1. The molecule has 0 bridgehead atoms. The fraction of sp³-hybridized carbons (Fsp3) is 0.231. The molecule has 2 aromatic heterocycles. The monoisotopic (exact) mass is 279 g/mol. The van der Waals surface area contributed by atoms with Gasteiger partial charge in [-0.25, -0.2) is 0 Å². The number of carbonyl (C=O) groups excluding carboxylic acids is 1. The minimum Gasteiger partial charge on any atom is -0.481 e. The molecule has 0 amide bonds. The highest BCUT2D eigenvalue weighted by Gasteiger charge is 2.34. The van der Waals surface area contributed by atoms with Gasteiger partial charge in [0, 0.05) is 12.2 Å². The van der Waals surface area contributed by atoms with Crippen molar-refractivity contribution in [3.05, 3.63) is 46.6 Å². The van der Waals surface area contributed by atoms with E-state index in [1.54, 1.807) is 22.8 Å². The van der Waals surface area contributed by atoms with Gasteiger partial charge in [0.2, 0.25) is 5.78 Å². The molecular weight excluding hydrogens is 270 g/mol. The fourth-order valence-electron chi connectivity index (χ4n) is 2.48. The lowest BCUT2D eigenvalue weighted by atomic mass is 10.1. The summed E-state index contributed by atoms with van der Waals surface area (Å²) >= 11 is 6.07. The first-order chi connectivity index (χ1) is 9.09. The Hall–Kier alpha value is -2.01. The molecule has 0 fully saturated rings. The summed E-state index contributed by atoms with van der Waals surface area (Å²) in [7, 11) is 0. The summed E-state index contributed by atoms with van der Waals surface area (Å²) in [5.74, 6) is -1.63. The molecule has 98 valence electrons. The second-order valence-electron chi connectivity index (χ2n) is 4.40. The number of carbonyl (C=O) groups is 2. The van der Waals surface area contributed by atoms with Crippen molar-refractivity contribution in [2.45, 2.75) is 18.9 Å². The van der Waals surface area contributed by atoms with Crippen molar-refractivity contribution in [3.63, 3.8) is 0 Å². The molecule has 0 spiro atoms. The van der Waals surface area contributed by atoms with Crippen LogP contribution in [-0.4, -0.2) is 21.4 Å². The van der Waals surface area contributed by atoms with Crippen molar-refractivity contribution < 1.29 is 19.1 Å². The van der Waals surface area contributed by atoms with Crippen molar-refractivity contribution in [1.82, 2.24) is 4.57 Å². The average molecular weight is 280 g/mol. The van der Waals surface area contributed by atoms with Gasteiger partial charge in [0.1, 0.15) is 5.69 Å². The van der Waals surface area contributed by atoms with Crippen LogP contribution in [0.3, 0.4) is 0 Å². The van der Waals surface area contributed by atoms with Crippen molar-refractivity contribution in [2.75, 3.05) is 0 Å². The summed E-state index contributed by atoms with van der Waals surface area (Å²) in [5, 5.41) is 9.39. The van der Waals surface area contributed by atoms with Crippen LogP contribution in [-0.2, 0) is 11.3 Å². The Bertz CT molecular complexity index is 656. The zero-order chi connectivity index (χ0) is 13.6. The second kappa shape index (κ2) is 4.28. The van der Waals surface area contributed by atoms with E-state index in [1.807, 2.05) is 0 Å². The number of hydrogen-bond donors (Lipinski definition) is 1. The van der Waals surface area contributed by atoms with Crippen LogP contribution in [0.5, 0.6) is 0 Å². The smallest absolute Gasteiger partial charge is 0.312 e. The van der Waals surface area contributed by atoms with Gasteiger partial charge in [-0.1, -0.05) is 11.6 Å². The second-order valence-corrected chi connectivity index (χ2v) is 4.81. The van der Waals surface area contributed by atoms with E-state index in [1.165, 1.54) is 6.26 Å². The number of carboxylic acid groups (broad SMARTS) is 1. The van der Waals surface area contributed by atoms with E-state index < -0.39 is 11.9 Å². The zero-order valence-corrected chi connectivity index (χ0v) is 10.6. The Labute approximate surface area is 113 Å². The number of nitrogens with zero attached hydrogens (tertiary/aromatic N) is 1. The Morgan fingerprint density at radius 3 is 2.89 bits per heavy atom. The minimum absolute atomic E-state index is 0.196. The molecule has 1 unspecified atom stereocenters. The third-order valence-electron chi connectivity index (χ3n) is 3.34. The number of aromatic nitrogens is 1. The standard InChI is InChI=1S/C13H10ClNO4/c14-8-6-9-7(13(17)18)3-4-15(9)11(8)12(16)10-2-1-5-19-10/h1-2,5-7H,3-4H2,(H,17,18). The van der Waals surface area contributed by atoms with Crippen LogP contribution >= 0.6 is 11.6 Å². The Kier molecular flexibility index (Phi) is 2.71. The van der Waals surface area contributed by atoms with Crippen LogP contribution in [0.4, 0.5) is 0 Å². The number of carboxylic acids is 1. The minimum atomic E-state index is -0.898. The van der Waals surface area contributed by atoms with Crippen LogP contribution in [0.1, 0.15) is 34.3 Å². The number of hydrogen-bond acceptors (Lipinski definition) is 3. The Morgan fingerprint density at radius 1 is 1.47 bits per heavy atom. The van der Waals surface area contributed by atoms with E-state index in [2.05, 4.69) is 0 Å². The highest BCUT2D eigenvalue weighted by atomic mass is 35.5. The molecule has 5 nitrogen and oxygen atoms in total. The number of halogens is 1. The largest absolute Gasteiger partial charge is 0.481 e. The third-order valence-corrected chi connectivity index (χ3v) is 3.63. The van der Waals surface area contributed by atoms with Crippen LogP contribution in [0.25, 0.3) is 0 Å². The van der Waals surface area contributed by atoms with Crippen molar-refractivity contribution in [1.29, 1.82) is 0 Å². The predicted molar refractivity (Wildman–Crippen MR) is 66.6 cm³/mol. The average Bonchev–Trinajstić information content (AvgIpc) is 3.01. The summed E-state index contributed by atoms with van der Waals surface area (Å²) in [5.41, 5.74) is 0.878. The summed E-state index contributed by atoms with van der Waals surface area (Å²) in [4.78, 5) is 23.4. The Morgan fingerprint density at radius 2 is 2.26 bits per heavy atom. The number of rotatable bonds is 3. The van der Waals surface area contributed by atoms with E-state index in [0.717, 1.165) is 0 Å². The first kappa shape index (κ1) is 12.0. The van der Waals surface area contributed by atoms with Crippen molar-refractivity contribution in [2.24, 2.45) is 0 Å². The molecule has 6 heteroatoms. The van der Waals surface area contributed by atoms with Crippen molar-refractivity contribution >= 4 is 23.4 Å². The predicted octanol–water partition coefficient (Wildman–Crippen LogP) is 2.54. The van der Waals surface area contributed by atoms with E-state index in [4.69, 9.17) is 21.1 Å². The maximum Gasteiger partial charge on any atom is 0.312 e. The molecule has 0 radical (unpaired) electrons. The Balaban J connectivity index is 2.07. The molecule has 19 heavy (non-hydrogen) atoms. The normalized spacial score (nSPS) is 17.4. The molecule has 1 aliphatic heterocycles. The first-order valence-electron chi connectivity index (χ1n) is 5.79. The molecule has 0 aromatic carbocycles. The molecule has 1 N–H and O–H groups in total. The molecule has 1 atom stereocenters. The van der Waals surface area contributed by atoms with Crippen LogP contribution in [0, 0.1) is 0 Å². The number of furan rings is 1. The zero-order valence-electron chi connectivity index (χ0n) is 9.80. The molecule has 0 saturated heterocycles. The lowest BCUT2D eigenvalue weighted by Gasteiger charge is -2.04. The summed E-state index contributed by atoms with van der Waals surface area (Å²) in [6.07, 6.45) is 1.88. The lowest BCUT2D eigenvalue weighted by Crippen LogP contribution is -2.09. The highest BCUT2D eigenvalue weighted by Crippen LogP contribution is 2.36. The third kappa shape index (κ3) is 1.77. The molecule has 0 saturated carbocycles. The molecular formula is C13H10ClNO4. The fourth-order valence-corrected chi connectivity index (χ4v) is 2.77. The van der Waals surface area contributed by atoms with Gasteiger partial charge in [0.25, 0.3) is 0 Å². The van der Waals surface area contributed by atoms with Crippen LogP contribution in [0.15, 0.2) is 28.9 Å². The SMILES string of the molecule is O=C(c1ccco1)c1c(Cl)cc2n1CCC2C(=O)O. The quantitative estimate of drug-likeness (QED) is 0.876. The summed E-state index contributed by atoms with van der Waals surface area (Å²) in [6.45, 7) is 0.473. The van der Waals surface area contributed by atoms with Gasteiger partial charge in [-0.05, 0) is 24.6 Å². The number of ketones is 1. The molecule has 2 aromatic rings. The van der Waals surface area contributed by atoms with E-state index >= 15 is 0 Å². The summed E-state index contributed by atoms with van der Waals surface area (Å²) < 4.78 is 6.74. The van der Waals surface area contributed by atoms with E-state index in [-0.39, 0.29) is 16.6 Å². The number of aliphatic carboxylic acids is 1. The molecule has 0 aliphatic carbocycles.